The van der Waals surface area contributed by atoms with Crippen LogP contribution in [0, 0.1) is 10.1 Å². The van der Waals surface area contributed by atoms with Gasteiger partial charge in [-0.25, -0.2) is 0 Å². The lowest BCUT2D eigenvalue weighted by molar-refractivity contribution is -0.384. The third kappa shape index (κ3) is 5.31. The predicted octanol–water partition coefficient (Wildman–Crippen LogP) is 3.79. The van der Waals surface area contributed by atoms with E-state index in [1.165, 1.54) is 18.3 Å². The second-order valence-corrected chi connectivity index (χ2v) is 4.34. The number of nitro benzene ring substituents is 1. The van der Waals surface area contributed by atoms with Gasteiger partial charge in [0.1, 0.15) is 30.5 Å². The van der Waals surface area contributed by atoms with Crippen LogP contribution < -0.4 is 9.47 Å². The molecular weight excluding hydrogens is 300 g/mol. The molecule has 0 aliphatic rings. The maximum Gasteiger partial charge on any atom is 0.273 e. The van der Waals surface area contributed by atoms with Crippen molar-refractivity contribution in [1.82, 2.24) is 0 Å². The van der Waals surface area contributed by atoms with Crippen molar-refractivity contribution >= 4 is 11.9 Å². The van der Waals surface area contributed by atoms with E-state index in [-0.39, 0.29) is 5.69 Å². The van der Waals surface area contributed by atoms with Gasteiger partial charge in [0, 0.05) is 6.07 Å². The Morgan fingerprint density at radius 1 is 1.13 bits per heavy atom. The predicted molar refractivity (Wildman–Crippen MR) is 85.2 cm³/mol. The highest BCUT2D eigenvalue weighted by Gasteiger charge is 2.07. The van der Waals surface area contributed by atoms with Gasteiger partial charge < -0.3 is 14.3 Å². The highest BCUT2D eigenvalue weighted by Crippen LogP contribution is 2.26. The largest absolute Gasteiger partial charge is 0.488 e. The van der Waals surface area contributed by atoms with Gasteiger partial charge in [-0.1, -0.05) is 11.2 Å². The van der Waals surface area contributed by atoms with Crippen molar-refractivity contribution in [3.8, 4) is 17.2 Å². The van der Waals surface area contributed by atoms with Crippen molar-refractivity contribution in [3.05, 3.63) is 58.6 Å². The molecule has 0 bridgehead atoms. The van der Waals surface area contributed by atoms with Crippen LogP contribution in [0.15, 0.2) is 53.7 Å². The number of rotatable bonds is 8. The van der Waals surface area contributed by atoms with Gasteiger partial charge in [0.05, 0.1) is 17.2 Å². The minimum Gasteiger partial charge on any atom is -0.488 e. The van der Waals surface area contributed by atoms with Gasteiger partial charge in [0.25, 0.3) is 5.69 Å². The SMILES string of the molecule is CCO/N=C/COc1ccc(Oc2cccc([N+](=O)[O-])c2)cc1. The molecule has 0 heterocycles. The first-order valence-electron chi connectivity index (χ1n) is 6.98. The van der Waals surface area contributed by atoms with Crippen LogP contribution in [0.3, 0.4) is 0 Å². The molecular formula is C16H16N2O5. The van der Waals surface area contributed by atoms with Crippen LogP contribution in [0.5, 0.6) is 17.2 Å². The van der Waals surface area contributed by atoms with E-state index < -0.39 is 4.92 Å². The van der Waals surface area contributed by atoms with Crippen LogP contribution >= 0.6 is 0 Å². The summed E-state index contributed by atoms with van der Waals surface area (Å²) in [5.74, 6) is 1.61. The molecule has 0 atom stereocenters. The van der Waals surface area contributed by atoms with Crippen LogP contribution in [0.4, 0.5) is 5.69 Å². The van der Waals surface area contributed by atoms with Crippen molar-refractivity contribution in [2.75, 3.05) is 13.2 Å². The van der Waals surface area contributed by atoms with Crippen molar-refractivity contribution < 1.29 is 19.2 Å². The number of ether oxygens (including phenoxy) is 2. The molecule has 7 nitrogen and oxygen atoms in total. The Balaban J connectivity index is 1.92. The molecule has 2 aromatic rings. The minimum absolute atomic E-state index is 0.0176. The molecule has 0 aromatic heterocycles. The lowest BCUT2D eigenvalue weighted by atomic mass is 10.3. The number of hydrogen-bond donors (Lipinski definition) is 0. The van der Waals surface area contributed by atoms with Crippen LogP contribution in [0.25, 0.3) is 0 Å². The van der Waals surface area contributed by atoms with E-state index in [1.807, 2.05) is 6.92 Å². The molecule has 0 aliphatic heterocycles. The van der Waals surface area contributed by atoms with Gasteiger partial charge in [-0.05, 0) is 37.3 Å². The highest BCUT2D eigenvalue weighted by atomic mass is 16.6. The molecule has 2 rings (SSSR count). The fourth-order valence-electron chi connectivity index (χ4n) is 1.69. The quantitative estimate of drug-likeness (QED) is 0.420. The Morgan fingerprint density at radius 3 is 2.57 bits per heavy atom. The Labute approximate surface area is 133 Å². The monoisotopic (exact) mass is 316 g/mol. The normalized spacial score (nSPS) is 10.5. The molecule has 0 spiro atoms. The third-order valence-electron chi connectivity index (χ3n) is 2.69. The maximum absolute atomic E-state index is 10.7. The highest BCUT2D eigenvalue weighted by molar-refractivity contribution is 5.58. The average molecular weight is 316 g/mol. The van der Waals surface area contributed by atoms with E-state index >= 15 is 0 Å². The zero-order chi connectivity index (χ0) is 16.5. The van der Waals surface area contributed by atoms with Gasteiger partial charge in [0.2, 0.25) is 0 Å². The van der Waals surface area contributed by atoms with Crippen LogP contribution in [0.1, 0.15) is 6.92 Å². The zero-order valence-corrected chi connectivity index (χ0v) is 12.5. The van der Waals surface area contributed by atoms with Crippen LogP contribution in [-0.4, -0.2) is 24.4 Å². The zero-order valence-electron chi connectivity index (χ0n) is 12.5. The number of nitro groups is 1. The molecule has 0 amide bonds. The van der Waals surface area contributed by atoms with Crippen molar-refractivity contribution in [3.63, 3.8) is 0 Å². The van der Waals surface area contributed by atoms with E-state index in [0.29, 0.717) is 30.5 Å². The Kier molecular flexibility index (Phi) is 5.93. The minimum atomic E-state index is -0.465. The molecule has 0 aliphatic carbocycles. The first-order valence-corrected chi connectivity index (χ1v) is 6.98. The molecule has 0 radical (unpaired) electrons. The van der Waals surface area contributed by atoms with E-state index in [2.05, 4.69) is 5.16 Å². The van der Waals surface area contributed by atoms with Crippen LogP contribution in [-0.2, 0) is 4.84 Å². The second kappa shape index (κ2) is 8.38. The summed E-state index contributed by atoms with van der Waals surface area (Å²) in [6.07, 6.45) is 1.52. The lowest BCUT2D eigenvalue weighted by Gasteiger charge is -2.07. The lowest BCUT2D eigenvalue weighted by Crippen LogP contribution is -1.98. The summed E-state index contributed by atoms with van der Waals surface area (Å²) in [6, 6.07) is 12.9. The van der Waals surface area contributed by atoms with Gasteiger partial charge in [-0.3, -0.25) is 10.1 Å². The van der Waals surface area contributed by atoms with Crippen molar-refractivity contribution in [1.29, 1.82) is 0 Å². The van der Waals surface area contributed by atoms with E-state index in [4.69, 9.17) is 14.3 Å². The molecule has 0 unspecified atom stereocenters. The second-order valence-electron chi connectivity index (χ2n) is 4.34. The third-order valence-corrected chi connectivity index (χ3v) is 2.69. The van der Waals surface area contributed by atoms with Gasteiger partial charge in [0.15, 0.2) is 0 Å². The molecule has 0 saturated carbocycles. The standard InChI is InChI=1S/C16H16N2O5/c1-2-22-17-10-11-21-14-6-8-15(9-7-14)23-16-5-3-4-13(12-16)18(19)20/h3-10,12H,2,11H2,1H3/b17-10+. The number of nitrogens with zero attached hydrogens (tertiary/aromatic N) is 2. The van der Waals surface area contributed by atoms with E-state index in [1.54, 1.807) is 36.4 Å². The molecule has 0 N–H and O–H groups in total. The average Bonchev–Trinajstić information content (AvgIpc) is 2.56. The first kappa shape index (κ1) is 16.3. The molecule has 7 heteroatoms. The van der Waals surface area contributed by atoms with Gasteiger partial charge in [-0.2, -0.15) is 0 Å². The molecule has 0 saturated heterocycles. The fourth-order valence-corrected chi connectivity index (χ4v) is 1.69. The fraction of sp³-hybridized carbons (Fsp3) is 0.188. The number of oxime groups is 1. The summed E-state index contributed by atoms with van der Waals surface area (Å²) in [6.45, 7) is 2.66. The number of benzene rings is 2. The first-order chi connectivity index (χ1) is 11.2. The maximum atomic E-state index is 10.7. The molecule has 23 heavy (non-hydrogen) atoms. The summed E-state index contributed by atoms with van der Waals surface area (Å²) in [5.41, 5.74) is -0.0176. The number of hydrogen-bond acceptors (Lipinski definition) is 6. The smallest absolute Gasteiger partial charge is 0.273 e. The Bertz CT molecular complexity index is 670. The summed E-state index contributed by atoms with van der Waals surface area (Å²) < 4.78 is 11.0. The summed E-state index contributed by atoms with van der Waals surface area (Å²) in [4.78, 5) is 15.1. The summed E-state index contributed by atoms with van der Waals surface area (Å²) in [5, 5.41) is 14.4. The Morgan fingerprint density at radius 2 is 1.87 bits per heavy atom. The summed E-state index contributed by atoms with van der Waals surface area (Å²) >= 11 is 0. The van der Waals surface area contributed by atoms with Crippen LogP contribution in [0.2, 0.25) is 0 Å². The van der Waals surface area contributed by atoms with Crippen molar-refractivity contribution in [2.24, 2.45) is 5.16 Å². The van der Waals surface area contributed by atoms with E-state index in [9.17, 15) is 10.1 Å². The van der Waals surface area contributed by atoms with Gasteiger partial charge in [-0.15, -0.1) is 0 Å². The molecule has 120 valence electrons. The van der Waals surface area contributed by atoms with Gasteiger partial charge >= 0.3 is 0 Å². The molecule has 0 fully saturated rings. The number of non-ortho nitro benzene ring substituents is 1. The Hall–Kier alpha value is -3.09. The summed E-state index contributed by atoms with van der Waals surface area (Å²) in [7, 11) is 0. The molecule has 2 aromatic carbocycles. The van der Waals surface area contributed by atoms with Crippen molar-refractivity contribution in [2.45, 2.75) is 6.92 Å². The topological polar surface area (TPSA) is 83.2 Å². The van der Waals surface area contributed by atoms with E-state index in [0.717, 1.165) is 0 Å².